The van der Waals surface area contributed by atoms with Gasteiger partial charge in [-0.3, -0.25) is 0 Å². The number of hydrogen-bond donors (Lipinski definition) is 0. The lowest BCUT2D eigenvalue weighted by molar-refractivity contribution is 0.287. The van der Waals surface area contributed by atoms with Crippen LogP contribution in [0.4, 0.5) is 0 Å². The fraction of sp³-hybridized carbons (Fsp3) is 0.385. The minimum absolute atomic E-state index is 0.459. The fourth-order valence-corrected chi connectivity index (χ4v) is 1.67. The summed E-state index contributed by atoms with van der Waals surface area (Å²) in [7, 11) is 0. The maximum absolute atomic E-state index is 5.71. The number of aromatic nitrogens is 3. The molecular formula is C13H17N3O. The van der Waals surface area contributed by atoms with Crippen LogP contribution >= 0.6 is 0 Å². The normalized spacial score (nSPS) is 10.5. The molecule has 0 aliphatic heterocycles. The predicted octanol–water partition coefficient (Wildman–Crippen LogP) is 2.44. The molecule has 0 aliphatic carbocycles. The second-order valence-electron chi connectivity index (χ2n) is 3.78. The van der Waals surface area contributed by atoms with Crippen LogP contribution in [0, 0.1) is 0 Å². The number of hydrogen-bond acceptors (Lipinski definition) is 3. The van der Waals surface area contributed by atoms with Crippen molar-refractivity contribution in [1.82, 2.24) is 14.8 Å². The molecule has 2 aromatic rings. The number of ether oxygens (including phenoxy) is 1. The molecule has 0 N–H and O–H groups in total. The number of aryl methyl sites for hydroxylation is 2. The van der Waals surface area contributed by atoms with Gasteiger partial charge in [0.05, 0.1) is 0 Å². The summed E-state index contributed by atoms with van der Waals surface area (Å²) in [6.07, 6.45) is 2.58. The van der Waals surface area contributed by atoms with Crippen molar-refractivity contribution >= 4 is 0 Å². The van der Waals surface area contributed by atoms with Crippen LogP contribution in [0.2, 0.25) is 0 Å². The Hall–Kier alpha value is -1.84. The van der Waals surface area contributed by atoms with Crippen LogP contribution in [0.3, 0.4) is 0 Å². The van der Waals surface area contributed by atoms with Crippen LogP contribution < -0.4 is 4.74 Å². The Morgan fingerprint density at radius 2 is 2.18 bits per heavy atom. The van der Waals surface area contributed by atoms with E-state index in [1.807, 2.05) is 23.7 Å². The van der Waals surface area contributed by atoms with Gasteiger partial charge in [0.15, 0.2) is 5.82 Å². The lowest BCUT2D eigenvalue weighted by Crippen LogP contribution is -2.07. The van der Waals surface area contributed by atoms with Crippen LogP contribution in [0.1, 0.15) is 25.2 Å². The molecule has 4 heteroatoms. The molecule has 1 heterocycles. The Bertz CT molecular complexity index is 479. The third-order valence-corrected chi connectivity index (χ3v) is 2.67. The number of benzene rings is 1. The molecule has 0 saturated carbocycles. The highest BCUT2D eigenvalue weighted by Gasteiger charge is 2.03. The molecule has 0 amide bonds. The predicted molar refractivity (Wildman–Crippen MR) is 65.8 cm³/mol. The summed E-state index contributed by atoms with van der Waals surface area (Å²) in [5, 5.41) is 4.11. The van der Waals surface area contributed by atoms with Crippen LogP contribution in [0.25, 0.3) is 0 Å². The highest BCUT2D eigenvalue weighted by atomic mass is 16.5. The van der Waals surface area contributed by atoms with Gasteiger partial charge in [-0.2, -0.15) is 5.10 Å². The summed E-state index contributed by atoms with van der Waals surface area (Å²) in [5.41, 5.74) is 1.28. The van der Waals surface area contributed by atoms with Gasteiger partial charge in [0.25, 0.3) is 0 Å². The summed E-state index contributed by atoms with van der Waals surface area (Å²) >= 11 is 0. The van der Waals surface area contributed by atoms with Gasteiger partial charge in [0.2, 0.25) is 0 Å². The molecule has 17 heavy (non-hydrogen) atoms. The van der Waals surface area contributed by atoms with Gasteiger partial charge in [-0.05, 0) is 31.0 Å². The molecule has 0 bridgehead atoms. The smallest absolute Gasteiger partial charge is 0.164 e. The van der Waals surface area contributed by atoms with Gasteiger partial charge in [0, 0.05) is 6.54 Å². The third kappa shape index (κ3) is 2.84. The van der Waals surface area contributed by atoms with E-state index < -0.39 is 0 Å². The van der Waals surface area contributed by atoms with Crippen molar-refractivity contribution in [2.75, 3.05) is 0 Å². The zero-order valence-corrected chi connectivity index (χ0v) is 10.3. The minimum atomic E-state index is 0.459. The number of rotatable bonds is 5. The van der Waals surface area contributed by atoms with E-state index in [4.69, 9.17) is 4.74 Å². The van der Waals surface area contributed by atoms with Crippen LogP contribution in [0.15, 0.2) is 30.6 Å². The average molecular weight is 231 g/mol. The van der Waals surface area contributed by atoms with Crippen molar-refractivity contribution in [3.8, 4) is 5.75 Å². The molecule has 2 rings (SSSR count). The molecule has 0 fully saturated rings. The largest absolute Gasteiger partial charge is 0.486 e. The highest BCUT2D eigenvalue weighted by Crippen LogP contribution is 2.14. The van der Waals surface area contributed by atoms with Crippen LogP contribution in [-0.4, -0.2) is 14.8 Å². The van der Waals surface area contributed by atoms with Gasteiger partial charge in [-0.15, -0.1) is 0 Å². The Labute approximate surface area is 101 Å². The van der Waals surface area contributed by atoms with E-state index in [-0.39, 0.29) is 0 Å². The van der Waals surface area contributed by atoms with Crippen LogP contribution in [-0.2, 0) is 19.6 Å². The Kier molecular flexibility index (Phi) is 3.75. The zero-order valence-electron chi connectivity index (χ0n) is 10.3. The maximum atomic E-state index is 5.71. The Morgan fingerprint density at radius 1 is 1.29 bits per heavy atom. The second-order valence-corrected chi connectivity index (χ2v) is 3.78. The zero-order chi connectivity index (χ0) is 12.1. The van der Waals surface area contributed by atoms with E-state index in [0.29, 0.717) is 6.61 Å². The monoisotopic (exact) mass is 231 g/mol. The van der Waals surface area contributed by atoms with E-state index in [2.05, 4.69) is 29.1 Å². The Morgan fingerprint density at radius 3 is 2.94 bits per heavy atom. The fourth-order valence-electron chi connectivity index (χ4n) is 1.67. The molecule has 0 atom stereocenters. The van der Waals surface area contributed by atoms with E-state index in [9.17, 15) is 0 Å². The van der Waals surface area contributed by atoms with Gasteiger partial charge < -0.3 is 4.74 Å². The lowest BCUT2D eigenvalue weighted by atomic mass is 10.2. The summed E-state index contributed by atoms with van der Waals surface area (Å²) in [6.45, 7) is 5.44. The van der Waals surface area contributed by atoms with Crippen molar-refractivity contribution < 1.29 is 4.74 Å². The van der Waals surface area contributed by atoms with Gasteiger partial charge in [-0.25, -0.2) is 9.67 Å². The standard InChI is InChI=1S/C13H17N3O/c1-3-11-6-5-7-12(8-11)17-9-13-14-10-15-16(13)4-2/h5-8,10H,3-4,9H2,1-2H3. The Balaban J connectivity index is 2.02. The highest BCUT2D eigenvalue weighted by molar-refractivity contribution is 5.28. The van der Waals surface area contributed by atoms with Crippen molar-refractivity contribution in [3.05, 3.63) is 42.0 Å². The van der Waals surface area contributed by atoms with Crippen molar-refractivity contribution in [1.29, 1.82) is 0 Å². The molecule has 1 aromatic heterocycles. The van der Waals surface area contributed by atoms with Crippen molar-refractivity contribution in [2.24, 2.45) is 0 Å². The lowest BCUT2D eigenvalue weighted by Gasteiger charge is -2.07. The molecule has 0 aliphatic rings. The summed E-state index contributed by atoms with van der Waals surface area (Å²) in [6, 6.07) is 8.14. The molecule has 0 radical (unpaired) electrons. The maximum Gasteiger partial charge on any atom is 0.164 e. The molecule has 0 spiro atoms. The van der Waals surface area contributed by atoms with Crippen LogP contribution in [0.5, 0.6) is 5.75 Å². The molecule has 0 saturated heterocycles. The first-order chi connectivity index (χ1) is 8.33. The van der Waals surface area contributed by atoms with Gasteiger partial charge >= 0.3 is 0 Å². The summed E-state index contributed by atoms with van der Waals surface area (Å²) in [5.74, 6) is 1.74. The van der Waals surface area contributed by atoms with Gasteiger partial charge in [0.1, 0.15) is 18.7 Å². The second kappa shape index (κ2) is 5.48. The summed E-state index contributed by atoms with van der Waals surface area (Å²) < 4.78 is 7.55. The molecule has 4 nitrogen and oxygen atoms in total. The third-order valence-electron chi connectivity index (χ3n) is 2.67. The van der Waals surface area contributed by atoms with Crippen molar-refractivity contribution in [2.45, 2.75) is 33.4 Å². The summed E-state index contributed by atoms with van der Waals surface area (Å²) in [4.78, 5) is 4.17. The van der Waals surface area contributed by atoms with Gasteiger partial charge in [-0.1, -0.05) is 19.1 Å². The topological polar surface area (TPSA) is 39.9 Å². The van der Waals surface area contributed by atoms with Crippen molar-refractivity contribution in [3.63, 3.8) is 0 Å². The SMILES string of the molecule is CCc1cccc(OCc2ncnn2CC)c1. The molecule has 90 valence electrons. The molecule has 1 aromatic carbocycles. The first-order valence-electron chi connectivity index (χ1n) is 5.92. The average Bonchev–Trinajstić information content (AvgIpc) is 2.84. The first-order valence-corrected chi connectivity index (χ1v) is 5.92. The van der Waals surface area contributed by atoms with E-state index in [1.165, 1.54) is 5.56 Å². The quantitative estimate of drug-likeness (QED) is 0.793. The molecular weight excluding hydrogens is 214 g/mol. The van der Waals surface area contributed by atoms with E-state index >= 15 is 0 Å². The minimum Gasteiger partial charge on any atom is -0.486 e. The van der Waals surface area contributed by atoms with E-state index in [1.54, 1.807) is 6.33 Å². The number of nitrogens with zero attached hydrogens (tertiary/aromatic N) is 3. The first kappa shape index (κ1) is 11.6. The molecule has 0 unspecified atom stereocenters. The van der Waals surface area contributed by atoms with E-state index in [0.717, 1.165) is 24.5 Å².